The lowest BCUT2D eigenvalue weighted by Gasteiger charge is -2.35. The maximum absolute atomic E-state index is 13.2. The van der Waals surface area contributed by atoms with Crippen LogP contribution < -0.4 is 0 Å². The third-order valence-electron chi connectivity index (χ3n) is 6.05. The molecule has 2 aromatic heterocycles. The number of carbonyl (C=O) groups is 2. The number of nitrogens with zero attached hydrogens (tertiary/aromatic N) is 2. The molecular formula is C24H23N3O2. The Labute approximate surface area is 169 Å². The van der Waals surface area contributed by atoms with Crippen LogP contribution >= 0.6 is 0 Å². The molecule has 1 aromatic carbocycles. The number of benzene rings is 1. The van der Waals surface area contributed by atoms with Crippen LogP contribution in [0.25, 0.3) is 11.3 Å². The lowest BCUT2D eigenvalue weighted by atomic mass is 9.83. The first-order valence-electron chi connectivity index (χ1n) is 10.2. The molecule has 3 heterocycles. The number of H-pyrrole nitrogens is 1. The Balaban J connectivity index is 1.56. The van der Waals surface area contributed by atoms with E-state index >= 15 is 0 Å². The Kier molecular flexibility index (Phi) is 4.51. The molecule has 0 saturated carbocycles. The van der Waals surface area contributed by atoms with E-state index in [0.717, 1.165) is 53.2 Å². The van der Waals surface area contributed by atoms with Gasteiger partial charge in [0.2, 0.25) is 5.91 Å². The molecule has 2 aliphatic rings. The summed E-state index contributed by atoms with van der Waals surface area (Å²) in [4.78, 5) is 35.4. The van der Waals surface area contributed by atoms with Crippen molar-refractivity contribution in [2.24, 2.45) is 5.92 Å². The van der Waals surface area contributed by atoms with Crippen molar-refractivity contribution in [3.05, 3.63) is 77.2 Å². The van der Waals surface area contributed by atoms with Gasteiger partial charge in [-0.2, -0.15) is 0 Å². The zero-order valence-electron chi connectivity index (χ0n) is 16.2. The molecule has 0 radical (unpaired) electrons. The lowest BCUT2D eigenvalue weighted by Crippen LogP contribution is -2.46. The number of ketones is 1. The number of carbonyl (C=O) groups excluding carboxylic acids is 2. The number of rotatable bonds is 4. The van der Waals surface area contributed by atoms with Gasteiger partial charge in [-0.1, -0.05) is 30.3 Å². The molecule has 1 unspecified atom stereocenters. The minimum Gasteiger partial charge on any atom is -0.358 e. The quantitative estimate of drug-likeness (QED) is 0.746. The Morgan fingerprint density at radius 3 is 2.52 bits per heavy atom. The fourth-order valence-electron chi connectivity index (χ4n) is 4.44. The van der Waals surface area contributed by atoms with E-state index in [1.807, 2.05) is 35.2 Å². The molecule has 1 saturated heterocycles. The Hall–Kier alpha value is -3.21. The zero-order valence-corrected chi connectivity index (χ0v) is 16.2. The molecule has 5 heteroatoms. The standard InChI is InChI=1S/C24H23N3O2/c28-21-15-18(24(29)27-11-4-12-27)14-20-22(21)19(13-16-5-2-1-3-6-16)23(26-20)17-7-9-25-10-8-17/h1-3,5-10,18,26H,4,11-15H2. The summed E-state index contributed by atoms with van der Waals surface area (Å²) in [5.41, 5.74) is 5.85. The van der Waals surface area contributed by atoms with Crippen molar-refractivity contribution >= 4 is 11.7 Å². The van der Waals surface area contributed by atoms with E-state index in [2.05, 4.69) is 22.1 Å². The Morgan fingerprint density at radius 1 is 1.07 bits per heavy atom. The molecular weight excluding hydrogens is 362 g/mol. The van der Waals surface area contributed by atoms with E-state index < -0.39 is 0 Å². The van der Waals surface area contributed by atoms with E-state index in [4.69, 9.17) is 0 Å². The third kappa shape index (κ3) is 3.27. The topological polar surface area (TPSA) is 66.1 Å². The summed E-state index contributed by atoms with van der Waals surface area (Å²) in [5, 5.41) is 0. The summed E-state index contributed by atoms with van der Waals surface area (Å²) in [6.45, 7) is 1.64. The predicted molar refractivity (Wildman–Crippen MR) is 111 cm³/mol. The van der Waals surface area contributed by atoms with Gasteiger partial charge < -0.3 is 9.88 Å². The predicted octanol–water partition coefficient (Wildman–Crippen LogP) is 3.64. The molecule has 146 valence electrons. The van der Waals surface area contributed by atoms with Gasteiger partial charge in [0.25, 0.3) is 0 Å². The number of amides is 1. The van der Waals surface area contributed by atoms with Crippen LogP contribution in [0.4, 0.5) is 0 Å². The summed E-state index contributed by atoms with van der Waals surface area (Å²) >= 11 is 0. The highest BCUT2D eigenvalue weighted by atomic mass is 16.2. The van der Waals surface area contributed by atoms with Crippen LogP contribution in [0.2, 0.25) is 0 Å². The summed E-state index contributed by atoms with van der Waals surface area (Å²) in [5.74, 6) is -0.0450. The van der Waals surface area contributed by atoms with Crippen molar-refractivity contribution in [1.29, 1.82) is 0 Å². The van der Waals surface area contributed by atoms with E-state index in [9.17, 15) is 9.59 Å². The highest BCUT2D eigenvalue weighted by molar-refractivity contribution is 6.04. The van der Waals surface area contributed by atoms with Crippen molar-refractivity contribution in [3.8, 4) is 11.3 Å². The molecule has 29 heavy (non-hydrogen) atoms. The lowest BCUT2D eigenvalue weighted by molar-refractivity contribution is -0.139. The van der Waals surface area contributed by atoms with Gasteiger partial charge in [-0.05, 0) is 29.7 Å². The van der Waals surface area contributed by atoms with Gasteiger partial charge in [-0.3, -0.25) is 14.6 Å². The molecule has 3 aromatic rings. The minimum atomic E-state index is -0.246. The number of pyridine rings is 1. The average Bonchev–Trinajstić information content (AvgIpc) is 3.07. The second kappa shape index (κ2) is 7.32. The van der Waals surface area contributed by atoms with E-state index in [1.165, 1.54) is 0 Å². The fraction of sp³-hybridized carbons (Fsp3) is 0.292. The van der Waals surface area contributed by atoms with Gasteiger partial charge in [0.15, 0.2) is 5.78 Å². The molecule has 1 aliphatic heterocycles. The van der Waals surface area contributed by atoms with Gasteiger partial charge in [0, 0.05) is 61.6 Å². The number of aromatic amines is 1. The minimum absolute atomic E-state index is 0.0765. The number of hydrogen-bond acceptors (Lipinski definition) is 3. The van der Waals surface area contributed by atoms with Crippen LogP contribution in [0.15, 0.2) is 54.9 Å². The molecule has 1 amide bonds. The van der Waals surface area contributed by atoms with Crippen LogP contribution in [0.5, 0.6) is 0 Å². The van der Waals surface area contributed by atoms with Crippen molar-refractivity contribution < 1.29 is 9.59 Å². The molecule has 0 bridgehead atoms. The normalized spacial score (nSPS) is 18.3. The van der Waals surface area contributed by atoms with Crippen molar-refractivity contribution in [3.63, 3.8) is 0 Å². The number of Topliss-reactive ketones (excluding diaryl/α,β-unsaturated/α-hetero) is 1. The average molecular weight is 385 g/mol. The number of nitrogens with one attached hydrogen (secondary N) is 1. The molecule has 5 nitrogen and oxygen atoms in total. The third-order valence-corrected chi connectivity index (χ3v) is 6.05. The van der Waals surface area contributed by atoms with Crippen LogP contribution in [-0.2, 0) is 17.6 Å². The zero-order chi connectivity index (χ0) is 19.8. The molecule has 1 aliphatic carbocycles. The van der Waals surface area contributed by atoms with Crippen LogP contribution in [0.3, 0.4) is 0 Å². The van der Waals surface area contributed by atoms with Crippen LogP contribution in [-0.4, -0.2) is 39.6 Å². The maximum atomic E-state index is 13.2. The second-order valence-electron chi connectivity index (χ2n) is 7.94. The maximum Gasteiger partial charge on any atom is 0.226 e. The number of aromatic nitrogens is 2. The van der Waals surface area contributed by atoms with E-state index in [-0.39, 0.29) is 17.6 Å². The van der Waals surface area contributed by atoms with Crippen molar-refractivity contribution in [1.82, 2.24) is 14.9 Å². The van der Waals surface area contributed by atoms with Gasteiger partial charge in [-0.15, -0.1) is 0 Å². The summed E-state index contributed by atoms with van der Waals surface area (Å²) < 4.78 is 0. The number of fused-ring (bicyclic) bond motifs is 1. The van der Waals surface area contributed by atoms with Gasteiger partial charge in [-0.25, -0.2) is 0 Å². The van der Waals surface area contributed by atoms with Gasteiger partial charge in [0.05, 0.1) is 11.6 Å². The molecule has 0 spiro atoms. The first-order valence-corrected chi connectivity index (χ1v) is 10.2. The summed E-state index contributed by atoms with van der Waals surface area (Å²) in [7, 11) is 0. The largest absolute Gasteiger partial charge is 0.358 e. The Bertz CT molecular complexity index is 1050. The molecule has 1 N–H and O–H groups in total. The SMILES string of the molecule is O=C1CC(C(=O)N2CCC2)Cc2[nH]c(-c3ccncc3)c(Cc3ccccc3)c21. The first kappa shape index (κ1) is 17.9. The number of likely N-dealkylation sites (tertiary alicyclic amines) is 1. The monoisotopic (exact) mass is 385 g/mol. The molecule has 5 rings (SSSR count). The van der Waals surface area contributed by atoms with Crippen LogP contribution in [0, 0.1) is 5.92 Å². The van der Waals surface area contributed by atoms with E-state index in [0.29, 0.717) is 19.3 Å². The first-order chi connectivity index (χ1) is 14.2. The summed E-state index contributed by atoms with van der Waals surface area (Å²) in [6, 6.07) is 14.1. The second-order valence-corrected chi connectivity index (χ2v) is 7.94. The fourth-order valence-corrected chi connectivity index (χ4v) is 4.44. The molecule has 1 atom stereocenters. The van der Waals surface area contributed by atoms with Crippen molar-refractivity contribution in [2.75, 3.05) is 13.1 Å². The van der Waals surface area contributed by atoms with Gasteiger partial charge >= 0.3 is 0 Å². The van der Waals surface area contributed by atoms with Crippen molar-refractivity contribution in [2.45, 2.75) is 25.7 Å². The Morgan fingerprint density at radius 2 is 1.83 bits per heavy atom. The van der Waals surface area contributed by atoms with E-state index in [1.54, 1.807) is 12.4 Å². The van der Waals surface area contributed by atoms with Gasteiger partial charge in [0.1, 0.15) is 0 Å². The molecule has 1 fully saturated rings. The highest BCUT2D eigenvalue weighted by Crippen LogP contribution is 2.36. The highest BCUT2D eigenvalue weighted by Gasteiger charge is 2.37. The number of hydrogen-bond donors (Lipinski definition) is 1. The summed E-state index contributed by atoms with van der Waals surface area (Å²) in [6.07, 6.45) is 6.17. The van der Waals surface area contributed by atoms with Crippen LogP contribution in [0.1, 0.15) is 40.0 Å². The smallest absolute Gasteiger partial charge is 0.226 e.